The van der Waals surface area contributed by atoms with Crippen LogP contribution >= 0.6 is 0 Å². The molecule has 35 heavy (non-hydrogen) atoms. The molecule has 0 spiro atoms. The van der Waals surface area contributed by atoms with Crippen LogP contribution in [-0.2, 0) is 5.41 Å². The topological polar surface area (TPSA) is 0 Å². The molecule has 0 atom stereocenters. The van der Waals surface area contributed by atoms with Gasteiger partial charge in [0.1, 0.15) is 0 Å². The Morgan fingerprint density at radius 1 is 0.343 bits per heavy atom. The van der Waals surface area contributed by atoms with E-state index in [1.54, 1.807) is 0 Å². The van der Waals surface area contributed by atoms with Crippen LogP contribution in [0.3, 0.4) is 0 Å². The molecule has 1 aliphatic carbocycles. The number of fused-ring (bicyclic) bond motifs is 3. The third kappa shape index (κ3) is 3.32. The van der Waals surface area contributed by atoms with Crippen molar-refractivity contribution in [1.29, 1.82) is 0 Å². The minimum absolute atomic E-state index is 0.00796. The molecule has 3 aromatic carbocycles. The van der Waals surface area contributed by atoms with E-state index in [1.807, 2.05) is 0 Å². The second-order valence-electron chi connectivity index (χ2n) is 11.8. The molecule has 0 bridgehead atoms. The molecular weight excluding hydrogens is 420 g/mol. The van der Waals surface area contributed by atoms with E-state index in [0.29, 0.717) is 0 Å². The van der Waals surface area contributed by atoms with Gasteiger partial charge in [-0.15, -0.1) is 0 Å². The minimum atomic E-state index is -0.00796. The maximum absolute atomic E-state index is 2.44. The molecule has 1 aliphatic rings. The van der Waals surface area contributed by atoms with Gasteiger partial charge in [0.15, 0.2) is 0 Å². The number of hydrogen-bond donors (Lipinski definition) is 0. The van der Waals surface area contributed by atoms with Gasteiger partial charge in [0.25, 0.3) is 0 Å². The van der Waals surface area contributed by atoms with E-state index in [0.717, 1.165) is 0 Å². The quantitative estimate of drug-likeness (QED) is 0.331. The van der Waals surface area contributed by atoms with Crippen LogP contribution in [0.15, 0.2) is 0 Å². The van der Waals surface area contributed by atoms with E-state index in [4.69, 9.17) is 0 Å². The van der Waals surface area contributed by atoms with Gasteiger partial charge >= 0.3 is 0 Å². The largest absolute Gasteiger partial charge is 0.0538 e. The SMILES string of the molecule is Cc1c(C)c(C)c(/C=C/c2c(C)c(C)c3c(c2C)C(C)(C)c2c(C)c(C)c(C)c(C)c2-3)c(C)c1C. The molecule has 0 saturated heterocycles. The average molecular weight is 465 g/mol. The molecule has 0 N–H and O–H groups in total. The van der Waals surface area contributed by atoms with Crippen LogP contribution in [0.4, 0.5) is 0 Å². The standard InChI is InChI=1S/C35H44/c1-17-18(2)22(6)29(23(7)19(17)3)15-16-30-24(8)26(10)32-31-25(9)20(4)21(5)27(11)33(31)35(13,14)34(32)28(30)12/h15-16H,1-14H3/b16-15+. The van der Waals surface area contributed by atoms with Gasteiger partial charge < -0.3 is 0 Å². The fraction of sp³-hybridized carbons (Fsp3) is 0.429. The summed E-state index contributed by atoms with van der Waals surface area (Å²) in [6, 6.07) is 0. The van der Waals surface area contributed by atoms with Crippen molar-refractivity contribution in [2.75, 3.05) is 0 Å². The van der Waals surface area contributed by atoms with Gasteiger partial charge in [-0.05, 0) is 183 Å². The summed E-state index contributed by atoms with van der Waals surface area (Å²) < 4.78 is 0. The van der Waals surface area contributed by atoms with E-state index >= 15 is 0 Å². The molecule has 184 valence electrons. The van der Waals surface area contributed by atoms with E-state index in [-0.39, 0.29) is 5.41 Å². The summed E-state index contributed by atoms with van der Waals surface area (Å²) in [6.07, 6.45) is 4.78. The normalized spacial score (nSPS) is 14.1. The van der Waals surface area contributed by atoms with Crippen molar-refractivity contribution in [3.8, 4) is 11.1 Å². The van der Waals surface area contributed by atoms with Crippen LogP contribution in [0.1, 0.15) is 103 Å². The molecule has 0 fully saturated rings. The van der Waals surface area contributed by atoms with Crippen molar-refractivity contribution in [2.24, 2.45) is 0 Å². The highest BCUT2D eigenvalue weighted by Crippen LogP contribution is 2.56. The van der Waals surface area contributed by atoms with E-state index < -0.39 is 0 Å². The average Bonchev–Trinajstić information content (AvgIpc) is 3.06. The van der Waals surface area contributed by atoms with Gasteiger partial charge in [0.05, 0.1) is 0 Å². The van der Waals surface area contributed by atoms with Crippen LogP contribution in [0, 0.1) is 83.1 Å². The first-order chi connectivity index (χ1) is 16.2. The first kappa shape index (κ1) is 25.5. The van der Waals surface area contributed by atoms with Crippen LogP contribution in [0.5, 0.6) is 0 Å². The van der Waals surface area contributed by atoms with E-state index in [2.05, 4.69) is 109 Å². The molecule has 0 radical (unpaired) electrons. The van der Waals surface area contributed by atoms with Gasteiger partial charge in [0.2, 0.25) is 0 Å². The lowest BCUT2D eigenvalue weighted by Crippen LogP contribution is -2.19. The lowest BCUT2D eigenvalue weighted by Gasteiger charge is -2.28. The number of rotatable bonds is 2. The predicted molar refractivity (Wildman–Crippen MR) is 156 cm³/mol. The molecule has 0 aromatic heterocycles. The van der Waals surface area contributed by atoms with Crippen LogP contribution < -0.4 is 0 Å². The van der Waals surface area contributed by atoms with Crippen LogP contribution in [-0.4, -0.2) is 0 Å². The Labute approximate surface area is 214 Å². The smallest absolute Gasteiger partial charge is 0.0164 e. The van der Waals surface area contributed by atoms with Crippen molar-refractivity contribution in [3.05, 3.63) is 89.0 Å². The molecule has 0 unspecified atom stereocenters. The first-order valence-electron chi connectivity index (χ1n) is 13.2. The third-order valence-corrected chi connectivity index (χ3v) is 10.0. The summed E-state index contributed by atoms with van der Waals surface area (Å²) in [4.78, 5) is 0. The molecule has 0 saturated carbocycles. The zero-order valence-corrected chi connectivity index (χ0v) is 24.7. The highest BCUT2D eigenvalue weighted by molar-refractivity contribution is 5.92. The Bertz CT molecular complexity index is 1420. The van der Waals surface area contributed by atoms with Crippen molar-refractivity contribution < 1.29 is 0 Å². The Hall–Kier alpha value is -2.60. The highest BCUT2D eigenvalue weighted by Gasteiger charge is 2.41. The van der Waals surface area contributed by atoms with Crippen LogP contribution in [0.2, 0.25) is 0 Å². The first-order valence-corrected chi connectivity index (χ1v) is 13.2. The summed E-state index contributed by atoms with van der Waals surface area (Å²) in [5.41, 5.74) is 26.0. The van der Waals surface area contributed by atoms with Crippen molar-refractivity contribution in [1.82, 2.24) is 0 Å². The molecule has 3 aromatic rings. The lowest BCUT2D eigenvalue weighted by atomic mass is 9.75. The fourth-order valence-electron chi connectivity index (χ4n) is 7.00. The van der Waals surface area contributed by atoms with Gasteiger partial charge in [0, 0.05) is 5.41 Å². The molecule has 4 rings (SSSR count). The lowest BCUT2D eigenvalue weighted by molar-refractivity contribution is 0.649. The summed E-state index contributed by atoms with van der Waals surface area (Å²) in [5.74, 6) is 0. The summed E-state index contributed by atoms with van der Waals surface area (Å²) in [6.45, 7) is 32.5. The predicted octanol–water partition coefficient (Wildman–Crippen LogP) is 9.86. The summed E-state index contributed by atoms with van der Waals surface area (Å²) in [7, 11) is 0. The van der Waals surface area contributed by atoms with Crippen molar-refractivity contribution in [3.63, 3.8) is 0 Å². The zero-order valence-electron chi connectivity index (χ0n) is 24.7. The minimum Gasteiger partial charge on any atom is -0.0538 e. The monoisotopic (exact) mass is 464 g/mol. The van der Waals surface area contributed by atoms with Crippen LogP contribution in [0.25, 0.3) is 23.3 Å². The zero-order chi connectivity index (χ0) is 26.3. The highest BCUT2D eigenvalue weighted by atomic mass is 14.4. The van der Waals surface area contributed by atoms with Gasteiger partial charge in [-0.2, -0.15) is 0 Å². The third-order valence-electron chi connectivity index (χ3n) is 10.0. The molecule has 0 aliphatic heterocycles. The van der Waals surface area contributed by atoms with Gasteiger partial charge in [-0.1, -0.05) is 26.0 Å². The Kier molecular flexibility index (Phi) is 5.99. The second-order valence-corrected chi connectivity index (χ2v) is 11.8. The summed E-state index contributed by atoms with van der Waals surface area (Å²) in [5, 5.41) is 0. The van der Waals surface area contributed by atoms with E-state index in [9.17, 15) is 0 Å². The van der Waals surface area contributed by atoms with E-state index in [1.165, 1.54) is 100 Å². The number of benzene rings is 3. The van der Waals surface area contributed by atoms with Crippen molar-refractivity contribution in [2.45, 2.75) is 102 Å². The van der Waals surface area contributed by atoms with Gasteiger partial charge in [-0.25, -0.2) is 0 Å². The Morgan fingerprint density at radius 2 is 0.629 bits per heavy atom. The maximum Gasteiger partial charge on any atom is 0.0164 e. The molecular formula is C35H44. The molecule has 0 heteroatoms. The maximum atomic E-state index is 2.44. The summed E-state index contributed by atoms with van der Waals surface area (Å²) >= 11 is 0. The molecule has 0 heterocycles. The molecule has 0 amide bonds. The molecule has 0 nitrogen and oxygen atoms in total. The Morgan fingerprint density at radius 3 is 1.11 bits per heavy atom. The Balaban J connectivity index is 2.03. The van der Waals surface area contributed by atoms with Gasteiger partial charge in [-0.3, -0.25) is 0 Å². The van der Waals surface area contributed by atoms with Crippen molar-refractivity contribution >= 4 is 12.2 Å². The number of hydrogen-bond acceptors (Lipinski definition) is 0. The second kappa shape index (κ2) is 8.22. The fourth-order valence-corrected chi connectivity index (χ4v) is 7.00.